The van der Waals surface area contributed by atoms with Crippen molar-refractivity contribution in [2.45, 2.75) is 32.0 Å². The molecule has 0 bridgehead atoms. The molecule has 6 nitrogen and oxygen atoms in total. The lowest BCUT2D eigenvalue weighted by Crippen LogP contribution is -2.31. The molecule has 0 saturated carbocycles. The second-order valence-corrected chi connectivity index (χ2v) is 7.42. The van der Waals surface area contributed by atoms with Gasteiger partial charge in [-0.3, -0.25) is 9.48 Å². The van der Waals surface area contributed by atoms with Crippen molar-refractivity contribution in [3.8, 4) is 0 Å². The van der Waals surface area contributed by atoms with Gasteiger partial charge in [0, 0.05) is 29.9 Å². The fraction of sp³-hybridized carbons (Fsp3) is 0.333. The van der Waals surface area contributed by atoms with Crippen LogP contribution in [-0.4, -0.2) is 35.0 Å². The molecule has 3 aromatic rings. The Hall–Kier alpha value is -3.23. The molecule has 4 rings (SSSR count). The number of nitrogens with one attached hydrogen (secondary N) is 1. The number of carbonyl (C=O) groups excluding carboxylic acids is 1. The maximum atomic E-state index is 13.1. The molecule has 2 heterocycles. The largest absolute Gasteiger partial charge is 0.408 e. The van der Waals surface area contributed by atoms with E-state index in [0.29, 0.717) is 22.2 Å². The maximum absolute atomic E-state index is 13.1. The van der Waals surface area contributed by atoms with Crippen LogP contribution in [-0.2, 0) is 6.54 Å². The molecule has 158 valence electrons. The number of hydrogen-bond donors (Lipinski definition) is 2. The highest BCUT2D eigenvalue weighted by molar-refractivity contribution is 6.11. The van der Waals surface area contributed by atoms with Crippen LogP contribution in [0.2, 0.25) is 0 Å². The highest BCUT2D eigenvalue weighted by Crippen LogP contribution is 2.30. The highest BCUT2D eigenvalue weighted by Gasteiger charge is 2.30. The zero-order valence-electron chi connectivity index (χ0n) is 16.2. The molecule has 0 atom stereocenters. The van der Waals surface area contributed by atoms with Gasteiger partial charge in [0.2, 0.25) is 0 Å². The van der Waals surface area contributed by atoms with E-state index in [9.17, 15) is 18.0 Å². The first kappa shape index (κ1) is 20.1. The standard InChI is InChI=1S/C21H22F3N5O/c22-21(23,24)13-29-18-7-3-2-6-15(18)19(27-29)26-20(30)16-12-14(25)8-9-17(16)28-10-4-1-5-11-28/h2-3,6-9,12H,1,4-5,10-11,13,25H2,(H,26,27,30). The minimum atomic E-state index is -4.43. The van der Waals surface area contributed by atoms with Gasteiger partial charge < -0.3 is 16.0 Å². The maximum Gasteiger partial charge on any atom is 0.408 e. The molecule has 0 aliphatic carbocycles. The molecule has 1 aromatic heterocycles. The van der Waals surface area contributed by atoms with E-state index in [4.69, 9.17) is 5.73 Å². The molecule has 3 N–H and O–H groups in total. The lowest BCUT2D eigenvalue weighted by molar-refractivity contribution is -0.141. The van der Waals surface area contributed by atoms with Gasteiger partial charge in [-0.1, -0.05) is 12.1 Å². The summed E-state index contributed by atoms with van der Waals surface area (Å²) in [7, 11) is 0. The average Bonchev–Trinajstić information content (AvgIpc) is 3.04. The molecule has 2 aromatic carbocycles. The number of halogens is 3. The van der Waals surface area contributed by atoms with Gasteiger partial charge in [-0.25, -0.2) is 0 Å². The monoisotopic (exact) mass is 417 g/mol. The van der Waals surface area contributed by atoms with Crippen molar-refractivity contribution in [2.75, 3.05) is 29.0 Å². The third-order valence-corrected chi connectivity index (χ3v) is 5.18. The van der Waals surface area contributed by atoms with Crippen molar-refractivity contribution in [2.24, 2.45) is 0 Å². The Morgan fingerprint density at radius 1 is 1.10 bits per heavy atom. The molecule has 9 heteroatoms. The number of alkyl halides is 3. The Morgan fingerprint density at radius 2 is 1.83 bits per heavy atom. The van der Waals surface area contributed by atoms with E-state index in [2.05, 4.69) is 15.3 Å². The second kappa shape index (κ2) is 7.89. The number of carbonyl (C=O) groups is 1. The fourth-order valence-electron chi connectivity index (χ4n) is 3.83. The summed E-state index contributed by atoms with van der Waals surface area (Å²) in [5.41, 5.74) is 7.79. The summed E-state index contributed by atoms with van der Waals surface area (Å²) in [6.45, 7) is 0.446. The number of nitrogens with zero attached hydrogens (tertiary/aromatic N) is 3. The number of hydrogen-bond acceptors (Lipinski definition) is 4. The summed E-state index contributed by atoms with van der Waals surface area (Å²) in [6, 6.07) is 11.7. The number of nitrogen functional groups attached to an aromatic ring is 1. The normalized spacial score (nSPS) is 14.8. The molecule has 1 aliphatic rings. The van der Waals surface area contributed by atoms with Crippen LogP contribution < -0.4 is 16.0 Å². The summed E-state index contributed by atoms with van der Waals surface area (Å²) in [5.74, 6) is -0.364. The van der Waals surface area contributed by atoms with E-state index in [-0.39, 0.29) is 5.82 Å². The summed E-state index contributed by atoms with van der Waals surface area (Å²) < 4.78 is 39.7. The van der Waals surface area contributed by atoms with Crippen LogP contribution in [0.1, 0.15) is 29.6 Å². The van der Waals surface area contributed by atoms with Gasteiger partial charge in [-0.2, -0.15) is 18.3 Å². The Labute approximate surface area is 171 Å². The van der Waals surface area contributed by atoms with Crippen molar-refractivity contribution in [1.29, 1.82) is 0 Å². The van der Waals surface area contributed by atoms with Gasteiger partial charge in [0.1, 0.15) is 6.54 Å². The third-order valence-electron chi connectivity index (χ3n) is 5.18. The number of benzene rings is 2. The number of para-hydroxylation sites is 1. The van der Waals surface area contributed by atoms with E-state index in [1.54, 1.807) is 36.4 Å². The van der Waals surface area contributed by atoms with Gasteiger partial charge in [0.15, 0.2) is 5.82 Å². The second-order valence-electron chi connectivity index (χ2n) is 7.42. The lowest BCUT2D eigenvalue weighted by atomic mass is 10.1. The summed E-state index contributed by atoms with van der Waals surface area (Å²) >= 11 is 0. The number of piperidine rings is 1. The minimum absolute atomic E-state index is 0.0897. The Balaban J connectivity index is 1.68. The SMILES string of the molecule is Nc1ccc(N2CCCCC2)c(C(=O)Nc2nn(CC(F)(F)F)c3ccccc23)c1. The average molecular weight is 417 g/mol. The number of fused-ring (bicyclic) bond motifs is 1. The van der Waals surface area contributed by atoms with E-state index in [1.165, 1.54) is 0 Å². The van der Waals surface area contributed by atoms with Gasteiger partial charge in [-0.15, -0.1) is 0 Å². The van der Waals surface area contributed by atoms with Crippen LogP contribution in [0.5, 0.6) is 0 Å². The molecule has 0 radical (unpaired) electrons. The third kappa shape index (κ3) is 4.19. The summed E-state index contributed by atoms with van der Waals surface area (Å²) in [5, 5.41) is 7.16. The predicted octanol–water partition coefficient (Wildman–Crippen LogP) is 4.42. The predicted molar refractivity (Wildman–Crippen MR) is 111 cm³/mol. The van der Waals surface area contributed by atoms with Crippen molar-refractivity contribution in [3.63, 3.8) is 0 Å². The first-order chi connectivity index (χ1) is 14.3. The summed E-state index contributed by atoms with van der Waals surface area (Å²) in [4.78, 5) is 15.2. The molecule has 30 heavy (non-hydrogen) atoms. The molecule has 1 amide bonds. The van der Waals surface area contributed by atoms with Gasteiger partial charge in [0.25, 0.3) is 5.91 Å². The van der Waals surface area contributed by atoms with Crippen LogP contribution in [0, 0.1) is 0 Å². The van der Waals surface area contributed by atoms with Crippen molar-refractivity contribution in [3.05, 3.63) is 48.0 Å². The Kier molecular flexibility index (Phi) is 5.27. The zero-order valence-corrected chi connectivity index (χ0v) is 16.2. The smallest absolute Gasteiger partial charge is 0.399 e. The molecule has 1 saturated heterocycles. The van der Waals surface area contributed by atoms with Crippen LogP contribution in [0.15, 0.2) is 42.5 Å². The first-order valence-electron chi connectivity index (χ1n) is 9.80. The van der Waals surface area contributed by atoms with Crippen molar-refractivity contribution < 1.29 is 18.0 Å². The number of nitrogens with two attached hydrogens (primary N) is 1. The van der Waals surface area contributed by atoms with Gasteiger partial charge >= 0.3 is 6.18 Å². The number of anilines is 3. The van der Waals surface area contributed by atoms with Crippen LogP contribution in [0.4, 0.5) is 30.4 Å². The topological polar surface area (TPSA) is 76.2 Å². The van der Waals surface area contributed by atoms with Crippen molar-refractivity contribution in [1.82, 2.24) is 9.78 Å². The number of rotatable bonds is 4. The van der Waals surface area contributed by atoms with E-state index in [1.807, 2.05) is 6.07 Å². The number of amides is 1. The first-order valence-corrected chi connectivity index (χ1v) is 9.80. The molecule has 1 fully saturated rings. The van der Waals surface area contributed by atoms with E-state index in [0.717, 1.165) is 42.7 Å². The quantitative estimate of drug-likeness (QED) is 0.616. The molecule has 0 unspecified atom stereocenters. The fourth-order valence-corrected chi connectivity index (χ4v) is 3.83. The van der Waals surface area contributed by atoms with Crippen molar-refractivity contribution >= 4 is 34.0 Å². The van der Waals surface area contributed by atoms with Crippen LogP contribution in [0.25, 0.3) is 10.9 Å². The Bertz CT molecular complexity index is 1070. The van der Waals surface area contributed by atoms with Gasteiger partial charge in [-0.05, 0) is 49.6 Å². The number of aromatic nitrogens is 2. The zero-order chi connectivity index (χ0) is 21.3. The summed E-state index contributed by atoms with van der Waals surface area (Å²) in [6.07, 6.45) is -1.20. The highest BCUT2D eigenvalue weighted by atomic mass is 19.4. The van der Waals surface area contributed by atoms with Crippen LogP contribution in [0.3, 0.4) is 0 Å². The van der Waals surface area contributed by atoms with E-state index < -0.39 is 18.6 Å². The Morgan fingerprint density at radius 3 is 2.57 bits per heavy atom. The van der Waals surface area contributed by atoms with Crippen LogP contribution >= 0.6 is 0 Å². The molecule has 1 aliphatic heterocycles. The molecular formula is C21H22F3N5O. The lowest BCUT2D eigenvalue weighted by Gasteiger charge is -2.30. The minimum Gasteiger partial charge on any atom is -0.399 e. The molecule has 0 spiro atoms. The van der Waals surface area contributed by atoms with E-state index >= 15 is 0 Å². The van der Waals surface area contributed by atoms with Gasteiger partial charge in [0.05, 0.1) is 11.1 Å². The molecular weight excluding hydrogens is 395 g/mol.